The van der Waals surface area contributed by atoms with Gasteiger partial charge in [0.15, 0.2) is 0 Å². The highest BCUT2D eigenvalue weighted by Crippen LogP contribution is 2.34. The van der Waals surface area contributed by atoms with Gasteiger partial charge in [0.2, 0.25) is 0 Å². The number of carbonyl (C=O) groups is 1. The molecule has 1 unspecified atom stereocenters. The third kappa shape index (κ3) is 1.59. The van der Waals surface area contributed by atoms with E-state index in [2.05, 4.69) is 0 Å². The summed E-state index contributed by atoms with van der Waals surface area (Å²) in [7, 11) is 0. The van der Waals surface area contributed by atoms with Crippen molar-refractivity contribution in [1.82, 2.24) is 0 Å². The van der Waals surface area contributed by atoms with E-state index in [0.29, 0.717) is 6.54 Å². The molecule has 1 fully saturated rings. The van der Waals surface area contributed by atoms with Crippen molar-refractivity contribution in [2.24, 2.45) is 5.41 Å². The molecule has 0 aromatic heterocycles. The van der Waals surface area contributed by atoms with E-state index < -0.39 is 23.2 Å². The Hall–Kier alpha value is -1.42. The van der Waals surface area contributed by atoms with Crippen LogP contribution in [0.1, 0.15) is 13.8 Å². The lowest BCUT2D eigenvalue weighted by Crippen LogP contribution is -2.31. The standard InChI is InChI=1S/C12H14FNO2/c1-12(2)7-14(11(16)10(12)15)9-6-4-3-5-8(9)13/h3-6,10,15H,7H2,1-2H3. The highest BCUT2D eigenvalue weighted by atomic mass is 19.1. The smallest absolute Gasteiger partial charge is 0.256 e. The van der Waals surface area contributed by atoms with Gasteiger partial charge in [0.05, 0.1) is 5.69 Å². The molecular weight excluding hydrogens is 209 g/mol. The Kier molecular flexibility index (Phi) is 2.46. The first-order chi connectivity index (χ1) is 7.43. The number of benzene rings is 1. The summed E-state index contributed by atoms with van der Waals surface area (Å²) in [4.78, 5) is 13.1. The number of hydrogen-bond acceptors (Lipinski definition) is 2. The molecular formula is C12H14FNO2. The molecule has 1 heterocycles. The van der Waals surface area contributed by atoms with E-state index in [1.165, 1.54) is 11.0 Å². The highest BCUT2D eigenvalue weighted by molar-refractivity contribution is 5.99. The maximum Gasteiger partial charge on any atom is 0.256 e. The van der Waals surface area contributed by atoms with Gasteiger partial charge in [-0.2, -0.15) is 0 Å². The maximum atomic E-state index is 13.5. The van der Waals surface area contributed by atoms with E-state index in [1.807, 2.05) is 0 Å². The summed E-state index contributed by atoms with van der Waals surface area (Å²) < 4.78 is 13.5. The van der Waals surface area contributed by atoms with Gasteiger partial charge in [-0.1, -0.05) is 26.0 Å². The molecule has 4 heteroatoms. The molecule has 1 aliphatic heterocycles. The van der Waals surface area contributed by atoms with Gasteiger partial charge >= 0.3 is 0 Å². The van der Waals surface area contributed by atoms with Crippen LogP contribution in [0.5, 0.6) is 0 Å². The van der Waals surface area contributed by atoms with Gasteiger partial charge in [-0.3, -0.25) is 4.79 Å². The quantitative estimate of drug-likeness (QED) is 0.784. The number of hydrogen-bond donors (Lipinski definition) is 1. The van der Waals surface area contributed by atoms with Crippen LogP contribution in [0.3, 0.4) is 0 Å². The van der Waals surface area contributed by atoms with Crippen LogP contribution in [0.15, 0.2) is 24.3 Å². The Morgan fingerprint density at radius 1 is 1.44 bits per heavy atom. The van der Waals surface area contributed by atoms with E-state index in [4.69, 9.17) is 0 Å². The van der Waals surface area contributed by atoms with Gasteiger partial charge in [0, 0.05) is 12.0 Å². The molecule has 0 spiro atoms. The van der Waals surface area contributed by atoms with Gasteiger partial charge in [-0.25, -0.2) is 4.39 Å². The first-order valence-corrected chi connectivity index (χ1v) is 5.17. The molecule has 3 nitrogen and oxygen atoms in total. The minimum atomic E-state index is -1.06. The molecule has 16 heavy (non-hydrogen) atoms. The summed E-state index contributed by atoms with van der Waals surface area (Å²) in [6.45, 7) is 3.90. The van der Waals surface area contributed by atoms with Crippen LogP contribution >= 0.6 is 0 Å². The fourth-order valence-electron chi connectivity index (χ4n) is 1.93. The Morgan fingerprint density at radius 3 is 2.56 bits per heavy atom. The number of carbonyl (C=O) groups excluding carboxylic acids is 1. The Bertz CT molecular complexity index is 431. The average Bonchev–Trinajstić information content (AvgIpc) is 2.43. The molecule has 1 atom stereocenters. The van der Waals surface area contributed by atoms with Gasteiger partial charge in [0.25, 0.3) is 5.91 Å². The normalized spacial score (nSPS) is 23.9. The number of nitrogens with zero attached hydrogens (tertiary/aromatic N) is 1. The molecule has 1 aliphatic rings. The van der Waals surface area contributed by atoms with Crippen molar-refractivity contribution < 1.29 is 14.3 Å². The summed E-state index contributed by atoms with van der Waals surface area (Å²) in [5.74, 6) is -0.879. The number of anilines is 1. The zero-order valence-corrected chi connectivity index (χ0v) is 9.27. The fourth-order valence-corrected chi connectivity index (χ4v) is 1.93. The van der Waals surface area contributed by atoms with E-state index in [0.717, 1.165) is 0 Å². The second-order valence-corrected chi connectivity index (χ2v) is 4.77. The fraction of sp³-hybridized carbons (Fsp3) is 0.417. The summed E-state index contributed by atoms with van der Waals surface area (Å²) in [6.07, 6.45) is -1.06. The molecule has 0 bridgehead atoms. The van der Waals surface area contributed by atoms with Gasteiger partial charge in [0.1, 0.15) is 11.9 Å². The van der Waals surface area contributed by atoms with Crippen molar-refractivity contribution in [1.29, 1.82) is 0 Å². The van der Waals surface area contributed by atoms with Crippen LogP contribution in [0.2, 0.25) is 0 Å². The second-order valence-electron chi connectivity index (χ2n) is 4.77. The zero-order valence-electron chi connectivity index (χ0n) is 9.27. The number of para-hydroxylation sites is 1. The van der Waals surface area contributed by atoms with Crippen LogP contribution < -0.4 is 4.90 Å². The molecule has 1 aromatic carbocycles. The SMILES string of the molecule is CC1(C)CN(c2ccccc2F)C(=O)C1O. The van der Waals surface area contributed by atoms with Crippen molar-refractivity contribution in [3.05, 3.63) is 30.1 Å². The van der Waals surface area contributed by atoms with E-state index in [1.54, 1.807) is 32.0 Å². The molecule has 0 aliphatic carbocycles. The van der Waals surface area contributed by atoms with E-state index >= 15 is 0 Å². The first-order valence-electron chi connectivity index (χ1n) is 5.17. The number of aliphatic hydroxyl groups is 1. The van der Waals surface area contributed by atoms with Crippen molar-refractivity contribution in [3.8, 4) is 0 Å². The molecule has 1 saturated heterocycles. The Balaban J connectivity index is 2.38. The summed E-state index contributed by atoms with van der Waals surface area (Å²) in [5.41, 5.74) is -0.309. The third-order valence-electron chi connectivity index (χ3n) is 2.95. The molecule has 0 radical (unpaired) electrons. The number of halogens is 1. The molecule has 2 rings (SSSR count). The topological polar surface area (TPSA) is 40.5 Å². The number of amides is 1. The first kappa shape index (κ1) is 11.1. The number of rotatable bonds is 1. The monoisotopic (exact) mass is 223 g/mol. The third-order valence-corrected chi connectivity index (χ3v) is 2.95. The molecule has 86 valence electrons. The lowest BCUT2D eigenvalue weighted by atomic mass is 9.90. The van der Waals surface area contributed by atoms with Crippen LogP contribution in [0.25, 0.3) is 0 Å². The van der Waals surface area contributed by atoms with Gasteiger partial charge in [-0.15, -0.1) is 0 Å². The number of aliphatic hydroxyl groups excluding tert-OH is 1. The predicted molar refractivity (Wildman–Crippen MR) is 58.5 cm³/mol. The van der Waals surface area contributed by atoms with Crippen LogP contribution in [-0.2, 0) is 4.79 Å². The highest BCUT2D eigenvalue weighted by Gasteiger charge is 2.46. The minimum Gasteiger partial charge on any atom is -0.383 e. The molecule has 1 aromatic rings. The van der Waals surface area contributed by atoms with Crippen molar-refractivity contribution >= 4 is 11.6 Å². The van der Waals surface area contributed by atoms with Crippen LogP contribution in [0.4, 0.5) is 10.1 Å². The zero-order chi connectivity index (χ0) is 11.9. The minimum absolute atomic E-state index is 0.233. The van der Waals surface area contributed by atoms with Crippen LogP contribution in [0, 0.1) is 11.2 Å². The Labute approximate surface area is 93.5 Å². The molecule has 0 saturated carbocycles. The van der Waals surface area contributed by atoms with E-state index in [9.17, 15) is 14.3 Å². The summed E-state index contributed by atoms with van der Waals surface area (Å²) in [5, 5.41) is 9.73. The predicted octanol–water partition coefficient (Wildman–Crippen LogP) is 1.56. The van der Waals surface area contributed by atoms with Crippen LogP contribution in [-0.4, -0.2) is 23.7 Å². The van der Waals surface area contributed by atoms with Crippen molar-refractivity contribution in [3.63, 3.8) is 0 Å². The maximum absolute atomic E-state index is 13.5. The largest absolute Gasteiger partial charge is 0.383 e. The summed E-state index contributed by atoms with van der Waals surface area (Å²) in [6, 6.07) is 6.09. The summed E-state index contributed by atoms with van der Waals surface area (Å²) >= 11 is 0. The van der Waals surface area contributed by atoms with Crippen molar-refractivity contribution in [2.75, 3.05) is 11.4 Å². The molecule has 1 N–H and O–H groups in total. The lowest BCUT2D eigenvalue weighted by Gasteiger charge is -2.20. The van der Waals surface area contributed by atoms with Gasteiger partial charge < -0.3 is 10.0 Å². The van der Waals surface area contributed by atoms with Gasteiger partial charge in [-0.05, 0) is 12.1 Å². The molecule has 1 amide bonds. The Morgan fingerprint density at radius 2 is 2.06 bits per heavy atom. The average molecular weight is 223 g/mol. The second kappa shape index (κ2) is 3.56. The van der Waals surface area contributed by atoms with E-state index in [-0.39, 0.29) is 5.69 Å². The van der Waals surface area contributed by atoms with Crippen molar-refractivity contribution in [2.45, 2.75) is 20.0 Å². The lowest BCUT2D eigenvalue weighted by molar-refractivity contribution is -0.126.